The summed E-state index contributed by atoms with van der Waals surface area (Å²) in [5, 5.41) is 19.1. The molecule has 108 valence electrons. The second-order valence-corrected chi connectivity index (χ2v) is 4.66. The lowest BCUT2D eigenvalue weighted by Crippen LogP contribution is -1.99. The third-order valence-corrected chi connectivity index (χ3v) is 3.11. The smallest absolute Gasteiger partial charge is 0.336 e. The molecule has 0 spiro atoms. The lowest BCUT2D eigenvalue weighted by Gasteiger charge is -2.06. The number of aromatic hydroxyl groups is 1. The number of aliphatic carboxylic acids is 1. The van der Waals surface area contributed by atoms with Crippen LogP contribution in [0.15, 0.2) is 42.5 Å². The molecule has 0 saturated carbocycles. The zero-order chi connectivity index (χ0) is 15.4. The molecule has 21 heavy (non-hydrogen) atoms. The van der Waals surface area contributed by atoms with Crippen molar-refractivity contribution in [1.82, 2.24) is 0 Å². The highest BCUT2D eigenvalue weighted by Gasteiger charge is 2.11. The van der Waals surface area contributed by atoms with Gasteiger partial charge < -0.3 is 14.9 Å². The first-order valence-corrected chi connectivity index (χ1v) is 6.40. The number of carboxylic acid groups (broad SMARTS) is 1. The maximum absolute atomic E-state index is 11.4. The Balaban J connectivity index is 2.45. The molecule has 0 radical (unpaired) electrons. The van der Waals surface area contributed by atoms with E-state index in [4.69, 9.17) is 4.74 Å². The van der Waals surface area contributed by atoms with Gasteiger partial charge in [-0.2, -0.15) is 0 Å². The zero-order valence-electron chi connectivity index (χ0n) is 11.8. The SMILES string of the molecule is COc1ccc(/C=C(\C(=O)O)c2ccc(C)cc2)cc1O. The Morgan fingerprint density at radius 3 is 2.33 bits per heavy atom. The monoisotopic (exact) mass is 284 g/mol. The van der Waals surface area contributed by atoms with Crippen molar-refractivity contribution >= 4 is 17.6 Å². The fourth-order valence-electron chi connectivity index (χ4n) is 1.97. The van der Waals surface area contributed by atoms with Crippen LogP contribution in [0.3, 0.4) is 0 Å². The molecule has 0 fully saturated rings. The number of phenolic OH excluding ortho intramolecular Hbond substituents is 1. The van der Waals surface area contributed by atoms with Crippen molar-refractivity contribution in [2.75, 3.05) is 7.11 Å². The minimum absolute atomic E-state index is 0.0279. The Bertz CT molecular complexity index is 684. The summed E-state index contributed by atoms with van der Waals surface area (Å²) < 4.78 is 4.96. The van der Waals surface area contributed by atoms with Crippen molar-refractivity contribution in [2.45, 2.75) is 6.92 Å². The third kappa shape index (κ3) is 3.42. The number of hydrogen-bond acceptors (Lipinski definition) is 3. The summed E-state index contributed by atoms with van der Waals surface area (Å²) in [6.07, 6.45) is 1.52. The van der Waals surface area contributed by atoms with Gasteiger partial charge in [0, 0.05) is 0 Å². The average Bonchev–Trinajstić information content (AvgIpc) is 2.46. The van der Waals surface area contributed by atoms with E-state index < -0.39 is 5.97 Å². The van der Waals surface area contributed by atoms with E-state index in [0.29, 0.717) is 16.9 Å². The van der Waals surface area contributed by atoms with E-state index in [1.54, 1.807) is 24.3 Å². The molecule has 0 aliphatic carbocycles. The van der Waals surface area contributed by atoms with E-state index in [9.17, 15) is 15.0 Å². The normalized spacial score (nSPS) is 11.2. The van der Waals surface area contributed by atoms with Gasteiger partial charge in [0.05, 0.1) is 12.7 Å². The molecule has 0 aromatic heterocycles. The molecule has 2 N–H and O–H groups in total. The Morgan fingerprint density at radius 1 is 1.14 bits per heavy atom. The molecule has 2 aromatic carbocycles. The largest absolute Gasteiger partial charge is 0.504 e. The van der Waals surface area contributed by atoms with Crippen molar-refractivity contribution in [2.24, 2.45) is 0 Å². The first-order chi connectivity index (χ1) is 10.0. The van der Waals surface area contributed by atoms with Gasteiger partial charge in [0.15, 0.2) is 11.5 Å². The molecule has 4 nitrogen and oxygen atoms in total. The van der Waals surface area contributed by atoms with E-state index >= 15 is 0 Å². The summed E-state index contributed by atoms with van der Waals surface area (Å²) in [4.78, 5) is 11.4. The first kappa shape index (κ1) is 14.7. The average molecular weight is 284 g/mol. The minimum Gasteiger partial charge on any atom is -0.504 e. The zero-order valence-corrected chi connectivity index (χ0v) is 11.8. The topological polar surface area (TPSA) is 66.8 Å². The van der Waals surface area contributed by atoms with Crippen LogP contribution in [0.1, 0.15) is 16.7 Å². The molecule has 4 heteroatoms. The molecular formula is C17H16O4. The van der Waals surface area contributed by atoms with Crippen LogP contribution >= 0.6 is 0 Å². The molecule has 0 unspecified atom stereocenters. The minimum atomic E-state index is -1.02. The fourth-order valence-corrected chi connectivity index (χ4v) is 1.97. The van der Waals surface area contributed by atoms with Crippen LogP contribution in [0.4, 0.5) is 0 Å². The number of benzene rings is 2. The van der Waals surface area contributed by atoms with Gasteiger partial charge in [0.2, 0.25) is 0 Å². The van der Waals surface area contributed by atoms with E-state index in [1.807, 2.05) is 19.1 Å². The molecule has 0 aliphatic heterocycles. The molecule has 0 atom stereocenters. The quantitative estimate of drug-likeness (QED) is 0.667. The van der Waals surface area contributed by atoms with E-state index in [-0.39, 0.29) is 11.3 Å². The van der Waals surface area contributed by atoms with Crippen molar-refractivity contribution in [3.05, 3.63) is 59.2 Å². The van der Waals surface area contributed by atoms with Crippen LogP contribution in [0.25, 0.3) is 11.6 Å². The van der Waals surface area contributed by atoms with Crippen LogP contribution in [0.5, 0.6) is 11.5 Å². The molecule has 2 aromatic rings. The van der Waals surface area contributed by atoms with Gasteiger partial charge in [0.1, 0.15) is 0 Å². The van der Waals surface area contributed by atoms with E-state index in [1.165, 1.54) is 19.3 Å². The highest BCUT2D eigenvalue weighted by atomic mass is 16.5. The highest BCUT2D eigenvalue weighted by molar-refractivity contribution is 6.20. The Kier molecular flexibility index (Phi) is 4.28. The predicted octanol–water partition coefficient (Wildman–Crippen LogP) is 3.33. The standard InChI is InChI=1S/C17H16O4/c1-11-3-6-13(7-4-11)14(17(19)20)9-12-5-8-16(21-2)15(18)10-12/h3-10,18H,1-2H3,(H,19,20)/b14-9-. The number of methoxy groups -OCH3 is 1. The van der Waals surface area contributed by atoms with Crippen molar-refractivity contribution < 1.29 is 19.7 Å². The Morgan fingerprint density at radius 2 is 1.81 bits per heavy atom. The van der Waals surface area contributed by atoms with Crippen molar-refractivity contribution in [3.63, 3.8) is 0 Å². The van der Waals surface area contributed by atoms with Gasteiger partial charge >= 0.3 is 5.97 Å². The van der Waals surface area contributed by atoms with Gasteiger partial charge in [-0.05, 0) is 36.3 Å². The molecule has 0 amide bonds. The van der Waals surface area contributed by atoms with Crippen LogP contribution < -0.4 is 4.74 Å². The molecular weight excluding hydrogens is 268 g/mol. The molecule has 0 bridgehead atoms. The fraction of sp³-hybridized carbons (Fsp3) is 0.118. The summed E-state index contributed by atoms with van der Waals surface area (Å²) in [6.45, 7) is 1.94. The number of phenols is 1. The van der Waals surface area contributed by atoms with Gasteiger partial charge in [-0.3, -0.25) is 0 Å². The third-order valence-electron chi connectivity index (χ3n) is 3.11. The number of ether oxygens (including phenoxy) is 1. The molecule has 0 aliphatic rings. The van der Waals surface area contributed by atoms with Crippen LogP contribution in [-0.4, -0.2) is 23.3 Å². The summed E-state index contributed by atoms with van der Waals surface area (Å²) in [5.74, 6) is -0.701. The number of hydrogen-bond donors (Lipinski definition) is 2. The Hall–Kier alpha value is -2.75. The molecule has 2 rings (SSSR count). The molecule has 0 saturated heterocycles. The summed E-state index contributed by atoms with van der Waals surface area (Å²) in [6, 6.07) is 12.0. The maximum Gasteiger partial charge on any atom is 0.336 e. The highest BCUT2D eigenvalue weighted by Crippen LogP contribution is 2.28. The summed E-state index contributed by atoms with van der Waals surface area (Å²) >= 11 is 0. The van der Waals surface area contributed by atoms with E-state index in [2.05, 4.69) is 0 Å². The van der Waals surface area contributed by atoms with Gasteiger partial charge in [0.25, 0.3) is 0 Å². The summed E-state index contributed by atoms with van der Waals surface area (Å²) in [7, 11) is 1.46. The van der Waals surface area contributed by atoms with Crippen molar-refractivity contribution in [1.29, 1.82) is 0 Å². The lowest BCUT2D eigenvalue weighted by atomic mass is 10.0. The predicted molar refractivity (Wildman–Crippen MR) is 81.3 cm³/mol. The maximum atomic E-state index is 11.4. The summed E-state index contributed by atoms with van der Waals surface area (Å²) in [5.41, 5.74) is 2.43. The van der Waals surface area contributed by atoms with Crippen LogP contribution in [-0.2, 0) is 4.79 Å². The van der Waals surface area contributed by atoms with Crippen molar-refractivity contribution in [3.8, 4) is 11.5 Å². The lowest BCUT2D eigenvalue weighted by molar-refractivity contribution is -0.130. The van der Waals surface area contributed by atoms with Crippen LogP contribution in [0.2, 0.25) is 0 Å². The van der Waals surface area contributed by atoms with Gasteiger partial charge in [-0.1, -0.05) is 35.9 Å². The van der Waals surface area contributed by atoms with Crippen LogP contribution in [0, 0.1) is 6.92 Å². The second kappa shape index (κ2) is 6.13. The van der Waals surface area contributed by atoms with Gasteiger partial charge in [-0.25, -0.2) is 4.79 Å². The Labute approximate surface area is 122 Å². The number of carbonyl (C=O) groups is 1. The van der Waals surface area contributed by atoms with Gasteiger partial charge in [-0.15, -0.1) is 0 Å². The number of aryl methyl sites for hydroxylation is 1. The van der Waals surface area contributed by atoms with E-state index in [0.717, 1.165) is 5.56 Å². The first-order valence-electron chi connectivity index (χ1n) is 6.40. The second-order valence-electron chi connectivity index (χ2n) is 4.66. The number of carboxylic acids is 1. The number of rotatable bonds is 4. The molecule has 0 heterocycles.